The van der Waals surface area contributed by atoms with Crippen LogP contribution < -0.4 is 5.32 Å². The van der Waals surface area contributed by atoms with Crippen molar-refractivity contribution in [3.63, 3.8) is 0 Å². The van der Waals surface area contributed by atoms with Gasteiger partial charge in [-0.15, -0.1) is 0 Å². The molecule has 0 atom stereocenters. The summed E-state index contributed by atoms with van der Waals surface area (Å²) >= 11 is 0. The summed E-state index contributed by atoms with van der Waals surface area (Å²) in [6.45, 7) is 5.96. The van der Waals surface area contributed by atoms with Crippen LogP contribution in [0.15, 0.2) is 24.3 Å². The Morgan fingerprint density at radius 1 is 1.05 bits per heavy atom. The van der Waals surface area contributed by atoms with Crippen molar-refractivity contribution in [1.82, 2.24) is 5.32 Å². The van der Waals surface area contributed by atoms with Crippen LogP contribution in [0.4, 0.5) is 0 Å². The minimum absolute atomic E-state index is 0.763. The van der Waals surface area contributed by atoms with Gasteiger partial charge < -0.3 is 10.1 Å². The SMILES string of the molecule is CCCNCc1ccc(COCC2CCCCC2)cc1. The Kier molecular flexibility index (Phi) is 7.10. The number of ether oxygens (including phenoxy) is 1. The molecule has 0 radical (unpaired) electrons. The minimum Gasteiger partial charge on any atom is -0.376 e. The zero-order valence-electron chi connectivity index (χ0n) is 12.9. The highest BCUT2D eigenvalue weighted by molar-refractivity contribution is 5.21. The molecule has 1 fully saturated rings. The van der Waals surface area contributed by atoms with E-state index < -0.39 is 0 Å². The number of rotatable bonds is 8. The summed E-state index contributed by atoms with van der Waals surface area (Å²) < 4.78 is 5.88. The molecule has 1 aromatic carbocycles. The van der Waals surface area contributed by atoms with Crippen LogP contribution in [0.25, 0.3) is 0 Å². The second-order valence-corrected chi connectivity index (χ2v) is 6.01. The first kappa shape index (κ1) is 15.5. The Balaban J connectivity index is 1.65. The molecule has 0 saturated heterocycles. The summed E-state index contributed by atoms with van der Waals surface area (Å²) in [6.07, 6.45) is 8.13. The van der Waals surface area contributed by atoms with Crippen molar-refractivity contribution in [2.24, 2.45) is 5.92 Å². The Bertz CT molecular complexity index is 354. The second-order valence-electron chi connectivity index (χ2n) is 6.01. The van der Waals surface area contributed by atoms with Crippen molar-refractivity contribution >= 4 is 0 Å². The Morgan fingerprint density at radius 2 is 1.75 bits per heavy atom. The molecule has 0 unspecified atom stereocenters. The van der Waals surface area contributed by atoms with Gasteiger partial charge in [0.2, 0.25) is 0 Å². The molecule has 0 spiro atoms. The van der Waals surface area contributed by atoms with Gasteiger partial charge in [0.25, 0.3) is 0 Å². The molecule has 1 N–H and O–H groups in total. The summed E-state index contributed by atoms with van der Waals surface area (Å²) in [7, 11) is 0. The number of benzene rings is 1. The average molecular weight is 275 g/mol. The molecular weight excluding hydrogens is 246 g/mol. The molecule has 0 bridgehead atoms. The van der Waals surface area contributed by atoms with Gasteiger partial charge in [-0.1, -0.05) is 50.5 Å². The molecule has 2 rings (SSSR count). The van der Waals surface area contributed by atoms with Gasteiger partial charge in [-0.2, -0.15) is 0 Å². The van der Waals surface area contributed by atoms with Crippen LogP contribution in [0.5, 0.6) is 0 Å². The summed E-state index contributed by atoms with van der Waals surface area (Å²) in [6, 6.07) is 8.82. The lowest BCUT2D eigenvalue weighted by Gasteiger charge is -2.21. The standard InChI is InChI=1S/C18H29NO/c1-2-12-19-13-16-8-10-18(11-9-16)15-20-14-17-6-4-3-5-7-17/h8-11,17,19H,2-7,12-15H2,1H3. The Hall–Kier alpha value is -0.860. The second kappa shape index (κ2) is 9.15. The maximum absolute atomic E-state index is 5.88. The third-order valence-corrected chi connectivity index (χ3v) is 4.13. The number of nitrogens with one attached hydrogen (secondary N) is 1. The molecule has 2 nitrogen and oxygen atoms in total. The molecule has 0 aromatic heterocycles. The van der Waals surface area contributed by atoms with Crippen LogP contribution in [0.1, 0.15) is 56.6 Å². The molecule has 20 heavy (non-hydrogen) atoms. The van der Waals surface area contributed by atoms with E-state index in [0.29, 0.717) is 0 Å². The van der Waals surface area contributed by atoms with Crippen molar-refractivity contribution in [2.75, 3.05) is 13.2 Å². The van der Waals surface area contributed by atoms with E-state index in [1.54, 1.807) is 0 Å². The molecule has 1 aliphatic rings. The van der Waals surface area contributed by atoms with Crippen molar-refractivity contribution in [3.05, 3.63) is 35.4 Å². The first-order valence-corrected chi connectivity index (χ1v) is 8.24. The van der Waals surface area contributed by atoms with E-state index >= 15 is 0 Å². The van der Waals surface area contributed by atoms with Crippen molar-refractivity contribution < 1.29 is 4.74 Å². The fourth-order valence-electron chi connectivity index (χ4n) is 2.86. The first-order valence-electron chi connectivity index (χ1n) is 8.24. The van der Waals surface area contributed by atoms with E-state index in [0.717, 1.165) is 32.2 Å². The molecule has 2 heteroatoms. The van der Waals surface area contributed by atoms with E-state index in [2.05, 4.69) is 36.5 Å². The zero-order chi connectivity index (χ0) is 14.0. The summed E-state index contributed by atoms with van der Waals surface area (Å²) in [4.78, 5) is 0. The van der Waals surface area contributed by atoms with Crippen LogP contribution in [0.2, 0.25) is 0 Å². The van der Waals surface area contributed by atoms with Gasteiger partial charge in [-0.25, -0.2) is 0 Å². The van der Waals surface area contributed by atoms with Crippen molar-refractivity contribution in [3.8, 4) is 0 Å². The summed E-state index contributed by atoms with van der Waals surface area (Å²) in [5, 5.41) is 3.43. The predicted molar refractivity (Wildman–Crippen MR) is 84.7 cm³/mol. The van der Waals surface area contributed by atoms with Gasteiger partial charge in [0.1, 0.15) is 0 Å². The molecule has 112 valence electrons. The summed E-state index contributed by atoms with van der Waals surface area (Å²) in [5.74, 6) is 0.807. The maximum atomic E-state index is 5.88. The lowest BCUT2D eigenvalue weighted by molar-refractivity contribution is 0.0739. The van der Waals surface area contributed by atoms with Gasteiger partial charge in [0.15, 0.2) is 0 Å². The zero-order valence-corrected chi connectivity index (χ0v) is 12.9. The Labute approximate surface area is 123 Å². The molecule has 0 aliphatic heterocycles. The van der Waals surface area contributed by atoms with Gasteiger partial charge in [0.05, 0.1) is 6.61 Å². The third kappa shape index (κ3) is 5.64. The molecule has 1 aromatic rings. The fraction of sp³-hybridized carbons (Fsp3) is 0.667. The molecular formula is C18H29NO. The lowest BCUT2D eigenvalue weighted by atomic mass is 9.90. The van der Waals surface area contributed by atoms with Gasteiger partial charge in [0, 0.05) is 13.2 Å². The normalized spacial score (nSPS) is 16.4. The van der Waals surface area contributed by atoms with Crippen LogP contribution >= 0.6 is 0 Å². The van der Waals surface area contributed by atoms with Crippen molar-refractivity contribution in [2.45, 2.75) is 58.6 Å². The van der Waals surface area contributed by atoms with Crippen LogP contribution in [-0.2, 0) is 17.9 Å². The van der Waals surface area contributed by atoms with E-state index in [4.69, 9.17) is 4.74 Å². The lowest BCUT2D eigenvalue weighted by Crippen LogP contribution is -2.14. The Morgan fingerprint density at radius 3 is 2.45 bits per heavy atom. The van der Waals surface area contributed by atoms with E-state index in [1.807, 2.05) is 0 Å². The van der Waals surface area contributed by atoms with Gasteiger partial charge >= 0.3 is 0 Å². The smallest absolute Gasteiger partial charge is 0.0717 e. The van der Waals surface area contributed by atoms with E-state index in [9.17, 15) is 0 Å². The molecule has 0 amide bonds. The van der Waals surface area contributed by atoms with Crippen LogP contribution in [0.3, 0.4) is 0 Å². The van der Waals surface area contributed by atoms with E-state index in [1.165, 1.54) is 49.7 Å². The monoisotopic (exact) mass is 275 g/mol. The topological polar surface area (TPSA) is 21.3 Å². The maximum Gasteiger partial charge on any atom is 0.0717 e. The first-order chi connectivity index (χ1) is 9.88. The largest absolute Gasteiger partial charge is 0.376 e. The number of hydrogen-bond acceptors (Lipinski definition) is 2. The third-order valence-electron chi connectivity index (χ3n) is 4.13. The highest BCUT2D eigenvalue weighted by Crippen LogP contribution is 2.23. The molecule has 0 heterocycles. The fourth-order valence-corrected chi connectivity index (χ4v) is 2.86. The summed E-state index contributed by atoms with van der Waals surface area (Å²) in [5.41, 5.74) is 2.65. The van der Waals surface area contributed by atoms with Crippen molar-refractivity contribution in [1.29, 1.82) is 0 Å². The van der Waals surface area contributed by atoms with Gasteiger partial charge in [-0.3, -0.25) is 0 Å². The molecule has 1 saturated carbocycles. The van der Waals surface area contributed by atoms with Crippen LogP contribution in [-0.4, -0.2) is 13.2 Å². The number of hydrogen-bond donors (Lipinski definition) is 1. The van der Waals surface area contributed by atoms with Gasteiger partial charge in [-0.05, 0) is 42.9 Å². The average Bonchev–Trinajstić information content (AvgIpc) is 2.50. The molecule has 1 aliphatic carbocycles. The predicted octanol–water partition coefficient (Wildman–Crippen LogP) is 4.28. The van der Waals surface area contributed by atoms with E-state index in [-0.39, 0.29) is 0 Å². The highest BCUT2D eigenvalue weighted by Gasteiger charge is 2.13. The van der Waals surface area contributed by atoms with Crippen LogP contribution in [0, 0.1) is 5.92 Å². The quantitative estimate of drug-likeness (QED) is 0.715. The minimum atomic E-state index is 0.763. The highest BCUT2D eigenvalue weighted by atomic mass is 16.5.